The van der Waals surface area contributed by atoms with Crippen LogP contribution in [0.1, 0.15) is 17.2 Å². The third kappa shape index (κ3) is 2.71. The Balaban J connectivity index is 1.61. The second-order valence-electron chi connectivity index (χ2n) is 4.56. The highest BCUT2D eigenvalue weighted by molar-refractivity contribution is 7.07. The van der Waals surface area contributed by atoms with Gasteiger partial charge in [0.1, 0.15) is 0 Å². The van der Waals surface area contributed by atoms with E-state index in [1.54, 1.807) is 11.3 Å². The Morgan fingerprint density at radius 2 is 2.16 bits per heavy atom. The monoisotopic (exact) mass is 272 g/mol. The normalized spacial score (nSPS) is 12.9. The molecule has 0 saturated heterocycles. The minimum atomic E-state index is -0.434. The minimum Gasteiger partial charge on any atom is -0.387 e. The van der Waals surface area contributed by atoms with Crippen molar-refractivity contribution in [2.75, 3.05) is 6.54 Å². The zero-order valence-corrected chi connectivity index (χ0v) is 11.3. The van der Waals surface area contributed by atoms with Crippen LogP contribution in [-0.2, 0) is 6.54 Å². The number of aliphatic hydroxyl groups excluding tert-OH is 1. The first kappa shape index (κ1) is 12.4. The lowest BCUT2D eigenvalue weighted by atomic mass is 10.1. The third-order valence-corrected chi connectivity index (χ3v) is 3.96. The lowest BCUT2D eigenvalue weighted by molar-refractivity contribution is 0.175. The molecule has 3 aromatic rings. The van der Waals surface area contributed by atoms with E-state index in [-0.39, 0.29) is 0 Å². The largest absolute Gasteiger partial charge is 0.387 e. The van der Waals surface area contributed by atoms with Gasteiger partial charge in [0, 0.05) is 30.2 Å². The van der Waals surface area contributed by atoms with Gasteiger partial charge in [0.05, 0.1) is 6.10 Å². The fraction of sp³-hybridized carbons (Fsp3) is 0.200. The maximum Gasteiger partial charge on any atom is 0.0922 e. The van der Waals surface area contributed by atoms with E-state index in [2.05, 4.69) is 22.4 Å². The first-order valence-electron chi connectivity index (χ1n) is 6.30. The molecule has 0 saturated carbocycles. The van der Waals surface area contributed by atoms with Gasteiger partial charge >= 0.3 is 0 Å². The Morgan fingerprint density at radius 3 is 3.00 bits per heavy atom. The second kappa shape index (κ2) is 5.57. The van der Waals surface area contributed by atoms with E-state index in [1.807, 2.05) is 35.2 Å². The number of aliphatic hydroxyl groups is 1. The number of rotatable bonds is 5. The Labute approximate surface area is 115 Å². The standard InChI is InChI=1S/C15H16N2OS/c18-15(11-5-6-19-10-11)9-16-7-12-8-17-14-4-2-1-3-13(12)14/h1-6,8,10,15-18H,7,9H2. The summed E-state index contributed by atoms with van der Waals surface area (Å²) in [4.78, 5) is 3.25. The smallest absolute Gasteiger partial charge is 0.0922 e. The summed E-state index contributed by atoms with van der Waals surface area (Å²) in [5.74, 6) is 0. The van der Waals surface area contributed by atoms with E-state index in [0.717, 1.165) is 17.6 Å². The first-order valence-corrected chi connectivity index (χ1v) is 7.25. The maximum absolute atomic E-state index is 9.99. The Hall–Kier alpha value is -1.62. The molecule has 1 atom stereocenters. The van der Waals surface area contributed by atoms with Gasteiger partial charge < -0.3 is 15.4 Å². The maximum atomic E-state index is 9.99. The summed E-state index contributed by atoms with van der Waals surface area (Å²) in [7, 11) is 0. The highest BCUT2D eigenvalue weighted by Gasteiger charge is 2.08. The average Bonchev–Trinajstić information content (AvgIpc) is 3.08. The van der Waals surface area contributed by atoms with Crippen LogP contribution in [0.5, 0.6) is 0 Å². The number of fused-ring (bicyclic) bond motifs is 1. The highest BCUT2D eigenvalue weighted by atomic mass is 32.1. The van der Waals surface area contributed by atoms with Crippen molar-refractivity contribution in [1.82, 2.24) is 10.3 Å². The van der Waals surface area contributed by atoms with Crippen LogP contribution in [0.2, 0.25) is 0 Å². The molecule has 0 spiro atoms. The van der Waals surface area contributed by atoms with Gasteiger partial charge in [0.2, 0.25) is 0 Å². The van der Waals surface area contributed by atoms with Crippen molar-refractivity contribution < 1.29 is 5.11 Å². The highest BCUT2D eigenvalue weighted by Crippen LogP contribution is 2.18. The van der Waals surface area contributed by atoms with Crippen LogP contribution in [-0.4, -0.2) is 16.6 Å². The van der Waals surface area contributed by atoms with Gasteiger partial charge in [-0.1, -0.05) is 18.2 Å². The molecule has 0 aliphatic carbocycles. The van der Waals surface area contributed by atoms with E-state index >= 15 is 0 Å². The summed E-state index contributed by atoms with van der Waals surface area (Å²) < 4.78 is 0. The number of benzene rings is 1. The molecule has 2 heterocycles. The summed E-state index contributed by atoms with van der Waals surface area (Å²) in [5, 5.41) is 18.5. The summed E-state index contributed by atoms with van der Waals surface area (Å²) in [6.07, 6.45) is 1.59. The number of nitrogens with one attached hydrogen (secondary N) is 2. The zero-order chi connectivity index (χ0) is 13.1. The molecule has 3 nitrogen and oxygen atoms in total. The van der Waals surface area contributed by atoms with Crippen molar-refractivity contribution in [3.8, 4) is 0 Å². The number of aromatic amines is 1. The number of hydrogen-bond acceptors (Lipinski definition) is 3. The Kier molecular flexibility index (Phi) is 3.64. The molecule has 0 aliphatic rings. The van der Waals surface area contributed by atoms with Crippen molar-refractivity contribution in [1.29, 1.82) is 0 Å². The average molecular weight is 272 g/mol. The Bertz CT molecular complexity index is 645. The van der Waals surface area contributed by atoms with Crippen LogP contribution >= 0.6 is 11.3 Å². The van der Waals surface area contributed by atoms with E-state index in [1.165, 1.54) is 10.9 Å². The van der Waals surface area contributed by atoms with Crippen LogP contribution in [0.4, 0.5) is 0 Å². The molecular weight excluding hydrogens is 256 g/mol. The van der Waals surface area contributed by atoms with E-state index in [0.29, 0.717) is 6.54 Å². The molecule has 1 aromatic carbocycles. The number of para-hydroxylation sites is 1. The van der Waals surface area contributed by atoms with Gasteiger partial charge in [-0.25, -0.2) is 0 Å². The van der Waals surface area contributed by atoms with Gasteiger partial charge in [-0.3, -0.25) is 0 Å². The zero-order valence-electron chi connectivity index (χ0n) is 10.5. The summed E-state index contributed by atoms with van der Waals surface area (Å²) in [6.45, 7) is 1.32. The van der Waals surface area contributed by atoms with Crippen molar-refractivity contribution in [3.05, 3.63) is 58.4 Å². The topological polar surface area (TPSA) is 48.0 Å². The van der Waals surface area contributed by atoms with E-state index < -0.39 is 6.10 Å². The molecule has 0 amide bonds. The van der Waals surface area contributed by atoms with Gasteiger partial charge in [0.15, 0.2) is 0 Å². The lowest BCUT2D eigenvalue weighted by Gasteiger charge is -2.10. The molecule has 3 N–H and O–H groups in total. The second-order valence-corrected chi connectivity index (χ2v) is 5.34. The lowest BCUT2D eigenvalue weighted by Crippen LogP contribution is -2.20. The van der Waals surface area contributed by atoms with Crippen LogP contribution in [0, 0.1) is 0 Å². The molecule has 0 fully saturated rings. The fourth-order valence-electron chi connectivity index (χ4n) is 2.20. The molecule has 0 bridgehead atoms. The molecule has 1 unspecified atom stereocenters. The van der Waals surface area contributed by atoms with Gasteiger partial charge in [-0.2, -0.15) is 11.3 Å². The third-order valence-electron chi connectivity index (χ3n) is 3.26. The molecule has 0 radical (unpaired) electrons. The summed E-state index contributed by atoms with van der Waals surface area (Å²) >= 11 is 1.61. The van der Waals surface area contributed by atoms with Crippen LogP contribution in [0.25, 0.3) is 10.9 Å². The molecule has 3 rings (SSSR count). The fourth-order valence-corrected chi connectivity index (χ4v) is 2.91. The van der Waals surface area contributed by atoms with Crippen LogP contribution in [0.15, 0.2) is 47.3 Å². The number of thiophene rings is 1. The van der Waals surface area contributed by atoms with Crippen LogP contribution < -0.4 is 5.32 Å². The van der Waals surface area contributed by atoms with Crippen molar-refractivity contribution in [2.24, 2.45) is 0 Å². The SMILES string of the molecule is OC(CNCc1c[nH]c2ccccc12)c1ccsc1. The Morgan fingerprint density at radius 1 is 1.26 bits per heavy atom. The number of hydrogen-bond donors (Lipinski definition) is 3. The summed E-state index contributed by atoms with van der Waals surface area (Å²) in [5.41, 5.74) is 3.36. The van der Waals surface area contributed by atoms with E-state index in [9.17, 15) is 5.11 Å². The summed E-state index contributed by atoms with van der Waals surface area (Å²) in [6, 6.07) is 10.2. The molecule has 0 aliphatic heterocycles. The predicted octanol–water partition coefficient (Wildman–Crippen LogP) is 3.05. The van der Waals surface area contributed by atoms with Crippen LogP contribution in [0.3, 0.4) is 0 Å². The van der Waals surface area contributed by atoms with Gasteiger partial charge in [-0.05, 0) is 34.0 Å². The molecule has 19 heavy (non-hydrogen) atoms. The predicted molar refractivity (Wildman–Crippen MR) is 79.3 cm³/mol. The number of aromatic nitrogens is 1. The van der Waals surface area contributed by atoms with Crippen molar-refractivity contribution in [2.45, 2.75) is 12.6 Å². The van der Waals surface area contributed by atoms with Gasteiger partial charge in [0.25, 0.3) is 0 Å². The van der Waals surface area contributed by atoms with Crippen molar-refractivity contribution >= 4 is 22.2 Å². The molecule has 98 valence electrons. The number of H-pyrrole nitrogens is 1. The van der Waals surface area contributed by atoms with Gasteiger partial charge in [-0.15, -0.1) is 0 Å². The molecule has 4 heteroatoms. The first-order chi connectivity index (χ1) is 9.34. The molecule has 2 aromatic heterocycles. The minimum absolute atomic E-state index is 0.434. The van der Waals surface area contributed by atoms with E-state index in [4.69, 9.17) is 0 Å². The van der Waals surface area contributed by atoms with Crippen molar-refractivity contribution in [3.63, 3.8) is 0 Å². The molecular formula is C15H16N2OS. The quantitative estimate of drug-likeness (QED) is 0.668.